The molecule has 1 N–H and O–H groups in total. The van der Waals surface area contributed by atoms with Gasteiger partial charge in [-0.2, -0.15) is 0 Å². The van der Waals surface area contributed by atoms with E-state index in [0.717, 1.165) is 18.5 Å². The van der Waals surface area contributed by atoms with Crippen molar-refractivity contribution in [1.29, 1.82) is 0 Å². The first-order chi connectivity index (χ1) is 8.92. The molecule has 0 amide bonds. The normalized spacial score (nSPS) is 25.4. The van der Waals surface area contributed by atoms with Crippen LogP contribution in [0.2, 0.25) is 0 Å². The van der Waals surface area contributed by atoms with Crippen LogP contribution in [0.4, 0.5) is 0 Å². The van der Waals surface area contributed by atoms with Crippen LogP contribution in [-0.4, -0.2) is 46.7 Å². The number of imidazole rings is 1. The molecule has 4 nitrogen and oxygen atoms in total. The third-order valence-electron chi connectivity index (χ3n) is 4.43. The molecule has 2 aliphatic heterocycles. The summed E-state index contributed by atoms with van der Waals surface area (Å²) in [4.78, 5) is 6.86. The average Bonchev–Trinajstić information content (AvgIpc) is 3.04. The van der Waals surface area contributed by atoms with E-state index < -0.39 is 0 Å². The van der Waals surface area contributed by atoms with Crippen LogP contribution in [0, 0.1) is 5.92 Å². The number of hydrogen-bond acceptors (Lipinski definition) is 3. The lowest BCUT2D eigenvalue weighted by molar-refractivity contribution is 0.179. The Kier molecular flexibility index (Phi) is 5.67. The molecule has 1 unspecified atom stereocenters. The monoisotopic (exact) mass is 284 g/mol. The van der Waals surface area contributed by atoms with E-state index in [1.54, 1.807) is 0 Å². The van der Waals surface area contributed by atoms with Gasteiger partial charge in [-0.25, -0.2) is 4.98 Å². The predicted octanol–water partition coefficient (Wildman–Crippen LogP) is 1.77. The van der Waals surface area contributed by atoms with E-state index in [2.05, 4.69) is 26.0 Å². The van der Waals surface area contributed by atoms with Gasteiger partial charge in [-0.3, -0.25) is 4.90 Å². The topological polar surface area (TPSA) is 33.1 Å². The van der Waals surface area contributed by atoms with E-state index in [-0.39, 0.29) is 12.4 Å². The summed E-state index contributed by atoms with van der Waals surface area (Å²) < 4.78 is 2.23. The van der Waals surface area contributed by atoms with Crippen molar-refractivity contribution in [2.75, 3.05) is 26.2 Å². The van der Waals surface area contributed by atoms with Crippen molar-refractivity contribution in [3.63, 3.8) is 0 Å². The highest BCUT2D eigenvalue weighted by molar-refractivity contribution is 5.85. The fourth-order valence-electron chi connectivity index (χ4n) is 3.38. The first kappa shape index (κ1) is 14.8. The fraction of sp³-hybridized carbons (Fsp3) is 0.786. The third-order valence-corrected chi connectivity index (χ3v) is 4.43. The smallest absolute Gasteiger partial charge is 0.0946 e. The highest BCUT2D eigenvalue weighted by Gasteiger charge is 2.27. The van der Waals surface area contributed by atoms with Gasteiger partial charge >= 0.3 is 0 Å². The van der Waals surface area contributed by atoms with Crippen LogP contribution in [0.25, 0.3) is 0 Å². The van der Waals surface area contributed by atoms with Gasteiger partial charge in [-0.1, -0.05) is 0 Å². The van der Waals surface area contributed by atoms with Gasteiger partial charge < -0.3 is 9.88 Å². The number of halogens is 1. The molecule has 0 spiro atoms. The summed E-state index contributed by atoms with van der Waals surface area (Å²) in [6.45, 7) is 6.14. The van der Waals surface area contributed by atoms with E-state index in [1.807, 2.05) is 12.5 Å². The van der Waals surface area contributed by atoms with Gasteiger partial charge in [0, 0.05) is 31.5 Å². The maximum absolute atomic E-state index is 4.14. The lowest BCUT2D eigenvalue weighted by atomic mass is 9.97. The molecular formula is C14H25ClN4. The highest BCUT2D eigenvalue weighted by Crippen LogP contribution is 2.23. The lowest BCUT2D eigenvalue weighted by Crippen LogP contribution is -2.39. The van der Waals surface area contributed by atoms with Crippen molar-refractivity contribution in [3.8, 4) is 0 Å². The quantitative estimate of drug-likeness (QED) is 0.915. The molecule has 1 atom stereocenters. The van der Waals surface area contributed by atoms with Crippen LogP contribution in [-0.2, 0) is 6.54 Å². The molecule has 0 aromatic carbocycles. The molecule has 2 aliphatic rings. The summed E-state index contributed by atoms with van der Waals surface area (Å²) in [6.07, 6.45) is 11.3. The molecular weight excluding hydrogens is 260 g/mol. The zero-order valence-electron chi connectivity index (χ0n) is 11.5. The van der Waals surface area contributed by atoms with Crippen molar-refractivity contribution >= 4 is 12.4 Å². The molecule has 0 bridgehead atoms. The van der Waals surface area contributed by atoms with Crippen molar-refractivity contribution in [1.82, 2.24) is 19.8 Å². The largest absolute Gasteiger partial charge is 0.336 e. The number of nitrogens with one attached hydrogen (secondary N) is 1. The molecule has 1 aromatic heterocycles. The Bertz CT molecular complexity index is 348. The number of piperidine rings is 1. The van der Waals surface area contributed by atoms with Crippen molar-refractivity contribution < 1.29 is 0 Å². The molecule has 3 heterocycles. The molecule has 2 saturated heterocycles. The molecule has 1 aromatic rings. The summed E-state index contributed by atoms with van der Waals surface area (Å²) >= 11 is 0. The summed E-state index contributed by atoms with van der Waals surface area (Å²) in [5.74, 6) is 0.912. The van der Waals surface area contributed by atoms with Crippen LogP contribution in [0.5, 0.6) is 0 Å². The number of rotatable bonds is 4. The molecule has 2 fully saturated rings. The van der Waals surface area contributed by atoms with E-state index in [1.165, 1.54) is 51.9 Å². The predicted molar refractivity (Wildman–Crippen MR) is 79.7 cm³/mol. The maximum Gasteiger partial charge on any atom is 0.0946 e. The second-order valence-corrected chi connectivity index (χ2v) is 5.74. The Morgan fingerprint density at radius 1 is 1.16 bits per heavy atom. The summed E-state index contributed by atoms with van der Waals surface area (Å²) in [7, 11) is 0. The summed E-state index contributed by atoms with van der Waals surface area (Å²) in [5, 5.41) is 3.46. The molecule has 3 rings (SSSR count). The second kappa shape index (κ2) is 7.27. The van der Waals surface area contributed by atoms with Crippen molar-refractivity contribution in [2.45, 2.75) is 38.3 Å². The first-order valence-electron chi connectivity index (χ1n) is 7.32. The van der Waals surface area contributed by atoms with E-state index in [4.69, 9.17) is 0 Å². The Balaban J connectivity index is 0.00000133. The lowest BCUT2D eigenvalue weighted by Gasteiger charge is -2.31. The van der Waals surface area contributed by atoms with Gasteiger partial charge in [0.15, 0.2) is 0 Å². The maximum atomic E-state index is 4.14. The van der Waals surface area contributed by atoms with Gasteiger partial charge in [-0.05, 0) is 51.2 Å². The van der Waals surface area contributed by atoms with Gasteiger partial charge in [0.2, 0.25) is 0 Å². The average molecular weight is 285 g/mol. The Morgan fingerprint density at radius 2 is 2.00 bits per heavy atom. The third kappa shape index (κ3) is 3.94. The zero-order chi connectivity index (χ0) is 12.2. The molecule has 0 aliphatic carbocycles. The Morgan fingerprint density at radius 3 is 2.74 bits per heavy atom. The summed E-state index contributed by atoms with van der Waals surface area (Å²) in [5.41, 5.74) is 0. The van der Waals surface area contributed by atoms with Gasteiger partial charge in [0.25, 0.3) is 0 Å². The highest BCUT2D eigenvalue weighted by atomic mass is 35.5. The number of aromatic nitrogens is 2. The number of likely N-dealkylation sites (tertiary alicyclic amines) is 1. The van der Waals surface area contributed by atoms with Crippen LogP contribution in [0.3, 0.4) is 0 Å². The minimum atomic E-state index is 0. The molecule has 5 heteroatoms. The summed E-state index contributed by atoms with van der Waals surface area (Å²) in [6, 6.07) is 0.731. The Labute approximate surface area is 122 Å². The van der Waals surface area contributed by atoms with Crippen molar-refractivity contribution in [2.24, 2.45) is 5.92 Å². The minimum absolute atomic E-state index is 0. The van der Waals surface area contributed by atoms with Crippen LogP contribution >= 0.6 is 12.4 Å². The van der Waals surface area contributed by atoms with Crippen LogP contribution in [0.15, 0.2) is 18.7 Å². The van der Waals surface area contributed by atoms with Gasteiger partial charge in [0.1, 0.15) is 0 Å². The van der Waals surface area contributed by atoms with Crippen molar-refractivity contribution in [3.05, 3.63) is 18.7 Å². The number of hydrogen-bond donors (Lipinski definition) is 1. The second-order valence-electron chi connectivity index (χ2n) is 5.74. The molecule has 108 valence electrons. The number of nitrogens with zero attached hydrogens (tertiary/aromatic N) is 3. The SMILES string of the molecule is Cl.c1cn(CC2CCCN2CC2CCNCC2)cn1. The Hall–Kier alpha value is -0.580. The first-order valence-corrected chi connectivity index (χ1v) is 7.32. The minimum Gasteiger partial charge on any atom is -0.336 e. The van der Waals surface area contributed by atoms with E-state index in [9.17, 15) is 0 Å². The van der Waals surface area contributed by atoms with Crippen LogP contribution in [0.1, 0.15) is 25.7 Å². The molecule has 19 heavy (non-hydrogen) atoms. The van der Waals surface area contributed by atoms with Crippen LogP contribution < -0.4 is 5.32 Å². The zero-order valence-corrected chi connectivity index (χ0v) is 12.3. The van der Waals surface area contributed by atoms with Gasteiger partial charge in [-0.15, -0.1) is 12.4 Å². The van der Waals surface area contributed by atoms with E-state index >= 15 is 0 Å². The van der Waals surface area contributed by atoms with Gasteiger partial charge in [0.05, 0.1) is 6.33 Å². The standard InChI is InChI=1S/C14H24N4.ClH/c1-2-14(11-17-9-7-16-12-17)18(8-1)10-13-3-5-15-6-4-13;/h7,9,12-15H,1-6,8,10-11H2;1H. The fourth-order valence-corrected chi connectivity index (χ4v) is 3.38. The molecule has 0 radical (unpaired) electrons. The molecule has 0 saturated carbocycles. The van der Waals surface area contributed by atoms with E-state index in [0.29, 0.717) is 0 Å².